The predicted molar refractivity (Wildman–Crippen MR) is 104 cm³/mol. The van der Waals surface area contributed by atoms with E-state index in [1.54, 1.807) is 4.90 Å². The lowest BCUT2D eigenvalue weighted by Gasteiger charge is -2.36. The van der Waals surface area contributed by atoms with Gasteiger partial charge in [0, 0.05) is 44.1 Å². The van der Waals surface area contributed by atoms with Crippen LogP contribution in [0.1, 0.15) is 16.1 Å². The van der Waals surface area contributed by atoms with Crippen LogP contribution in [0, 0.1) is 6.92 Å². The summed E-state index contributed by atoms with van der Waals surface area (Å²) in [6, 6.07) is 11.2. The highest BCUT2D eigenvalue weighted by Gasteiger charge is 2.34. The van der Waals surface area contributed by atoms with Gasteiger partial charge in [0.15, 0.2) is 5.82 Å². The number of ether oxygens (including phenoxy) is 1. The molecule has 1 saturated heterocycles. The van der Waals surface area contributed by atoms with E-state index in [1.807, 2.05) is 35.9 Å². The molecule has 1 aliphatic rings. The Kier molecular flexibility index (Phi) is 5.15. The van der Waals surface area contributed by atoms with Gasteiger partial charge in [0.25, 0.3) is 5.91 Å². The molecular weight excluding hydrogens is 399 g/mol. The van der Waals surface area contributed by atoms with Gasteiger partial charge in [-0.25, -0.2) is 0 Å². The van der Waals surface area contributed by atoms with Gasteiger partial charge in [0.2, 0.25) is 0 Å². The number of hydrogen-bond acceptors (Lipinski definition) is 4. The summed E-state index contributed by atoms with van der Waals surface area (Å²) in [5, 5.41) is 7.19. The van der Waals surface area contributed by atoms with Crippen LogP contribution in [-0.2, 0) is 0 Å². The van der Waals surface area contributed by atoms with E-state index >= 15 is 0 Å². The molecule has 0 bridgehead atoms. The van der Waals surface area contributed by atoms with Crippen LogP contribution in [0.2, 0.25) is 0 Å². The number of hydrogen-bond donors (Lipinski definition) is 1. The summed E-state index contributed by atoms with van der Waals surface area (Å²) in [6.07, 6.45) is -2.95. The molecule has 1 fully saturated rings. The third kappa shape index (κ3) is 4.12. The molecule has 7 nitrogen and oxygen atoms in total. The van der Waals surface area contributed by atoms with Gasteiger partial charge in [-0.15, -0.1) is 13.2 Å². The summed E-state index contributed by atoms with van der Waals surface area (Å²) in [6.45, 7) is 3.77. The maximum atomic E-state index is 12.8. The van der Waals surface area contributed by atoms with Crippen molar-refractivity contribution < 1.29 is 22.7 Å². The molecular formula is C20H20F3N5O2. The zero-order valence-corrected chi connectivity index (χ0v) is 16.2. The minimum Gasteiger partial charge on any atom is -0.405 e. The van der Waals surface area contributed by atoms with Crippen molar-refractivity contribution in [1.29, 1.82) is 0 Å². The highest BCUT2D eigenvalue weighted by Crippen LogP contribution is 2.28. The van der Waals surface area contributed by atoms with E-state index in [1.165, 1.54) is 18.2 Å². The van der Waals surface area contributed by atoms with Crippen LogP contribution < -0.4 is 9.64 Å². The zero-order valence-electron chi connectivity index (χ0n) is 16.2. The molecule has 0 atom stereocenters. The van der Waals surface area contributed by atoms with Crippen molar-refractivity contribution in [3.05, 3.63) is 59.9 Å². The summed E-state index contributed by atoms with van der Waals surface area (Å²) in [4.78, 5) is 16.5. The molecule has 10 heteroatoms. The van der Waals surface area contributed by atoms with Crippen LogP contribution in [-0.4, -0.2) is 58.1 Å². The number of benzene rings is 1. The number of aromatic nitrogens is 3. The molecule has 0 radical (unpaired) electrons. The quantitative estimate of drug-likeness (QED) is 0.704. The molecule has 30 heavy (non-hydrogen) atoms. The number of amides is 1. The van der Waals surface area contributed by atoms with Crippen LogP contribution in [0.4, 0.5) is 19.0 Å². The van der Waals surface area contributed by atoms with E-state index < -0.39 is 18.0 Å². The average molecular weight is 419 g/mol. The first-order valence-electron chi connectivity index (χ1n) is 9.40. The van der Waals surface area contributed by atoms with Gasteiger partial charge >= 0.3 is 6.36 Å². The number of anilines is 1. The number of nitrogens with zero attached hydrogens (tertiary/aromatic N) is 4. The highest BCUT2D eigenvalue weighted by molar-refractivity contribution is 5.97. The van der Waals surface area contributed by atoms with Gasteiger partial charge in [0.1, 0.15) is 11.6 Å². The molecule has 1 aliphatic heterocycles. The molecule has 0 unspecified atom stereocenters. The first-order chi connectivity index (χ1) is 14.3. The maximum absolute atomic E-state index is 12.8. The van der Waals surface area contributed by atoms with Crippen molar-refractivity contribution in [1.82, 2.24) is 19.7 Å². The van der Waals surface area contributed by atoms with Gasteiger partial charge < -0.3 is 14.5 Å². The van der Waals surface area contributed by atoms with Gasteiger partial charge in [-0.3, -0.25) is 14.5 Å². The topological polar surface area (TPSA) is 66.4 Å². The Morgan fingerprint density at radius 1 is 1.10 bits per heavy atom. The molecule has 4 rings (SSSR count). The number of carbonyl (C=O) groups is 1. The number of alkyl halides is 3. The summed E-state index contributed by atoms with van der Waals surface area (Å²) in [5.74, 6) is 0.742. The number of rotatable bonds is 4. The third-order valence-corrected chi connectivity index (χ3v) is 4.90. The van der Waals surface area contributed by atoms with Gasteiger partial charge in [-0.2, -0.15) is 5.10 Å². The summed E-state index contributed by atoms with van der Waals surface area (Å²) in [5.41, 5.74) is 0.846. The van der Waals surface area contributed by atoms with Gasteiger partial charge in [-0.1, -0.05) is 12.1 Å². The standard InChI is InChI=1S/C20H20F3N5O2/c1-14-13-17(25-24-14)28-8-4-7-18(28)26-9-11-27(12-10-26)19(29)15-5-2-3-6-16(15)30-20(21,22)23/h2-8,13H,9-12H2,1H3,(H,24,25). The molecule has 0 saturated carbocycles. The molecule has 1 aromatic carbocycles. The second-order valence-electron chi connectivity index (χ2n) is 6.97. The van der Waals surface area contributed by atoms with Crippen molar-refractivity contribution in [3.8, 4) is 11.6 Å². The predicted octanol–water partition coefficient (Wildman–Crippen LogP) is 3.37. The highest BCUT2D eigenvalue weighted by atomic mass is 19.4. The fourth-order valence-corrected chi connectivity index (χ4v) is 3.52. The molecule has 3 aromatic rings. The van der Waals surface area contributed by atoms with Crippen molar-refractivity contribution >= 4 is 11.7 Å². The normalized spacial score (nSPS) is 14.8. The van der Waals surface area contributed by atoms with E-state index in [4.69, 9.17) is 0 Å². The number of H-pyrrole nitrogens is 1. The van der Waals surface area contributed by atoms with Crippen LogP contribution in [0.3, 0.4) is 0 Å². The molecule has 158 valence electrons. The van der Waals surface area contributed by atoms with Crippen molar-refractivity contribution in [2.45, 2.75) is 13.3 Å². The Bertz CT molecular complexity index is 1030. The van der Waals surface area contributed by atoms with Crippen LogP contribution in [0.15, 0.2) is 48.7 Å². The molecule has 3 heterocycles. The van der Waals surface area contributed by atoms with Gasteiger partial charge in [-0.05, 0) is 31.2 Å². The first kappa shape index (κ1) is 19.9. The monoisotopic (exact) mass is 419 g/mol. The van der Waals surface area contributed by atoms with Crippen LogP contribution in [0.25, 0.3) is 5.82 Å². The van der Waals surface area contributed by atoms with Crippen LogP contribution >= 0.6 is 0 Å². The SMILES string of the molecule is Cc1cc(-n2cccc2N2CCN(C(=O)c3ccccc3OC(F)(F)F)CC2)n[nH]1. The number of carbonyl (C=O) groups excluding carboxylic acids is 1. The Labute approximate surface area is 170 Å². The Morgan fingerprint density at radius 2 is 1.83 bits per heavy atom. The maximum Gasteiger partial charge on any atom is 0.573 e. The number of halogens is 3. The molecule has 1 amide bonds. The van der Waals surface area contributed by atoms with Crippen LogP contribution in [0.5, 0.6) is 5.75 Å². The fourth-order valence-electron chi connectivity index (χ4n) is 3.52. The van der Waals surface area contributed by atoms with E-state index in [2.05, 4.69) is 19.8 Å². The second-order valence-corrected chi connectivity index (χ2v) is 6.97. The van der Waals surface area contributed by atoms with Gasteiger partial charge in [0.05, 0.1) is 5.56 Å². The Morgan fingerprint density at radius 3 is 2.50 bits per heavy atom. The lowest BCUT2D eigenvalue weighted by atomic mass is 10.1. The number of para-hydroxylation sites is 1. The lowest BCUT2D eigenvalue weighted by Crippen LogP contribution is -2.49. The second kappa shape index (κ2) is 7.77. The smallest absolute Gasteiger partial charge is 0.405 e. The molecule has 2 aromatic heterocycles. The number of piperazine rings is 1. The first-order valence-corrected chi connectivity index (χ1v) is 9.40. The summed E-state index contributed by atoms with van der Waals surface area (Å²) < 4.78 is 43.9. The number of nitrogens with one attached hydrogen (secondary N) is 1. The largest absolute Gasteiger partial charge is 0.573 e. The van der Waals surface area contributed by atoms with E-state index in [-0.39, 0.29) is 5.56 Å². The number of aromatic amines is 1. The Hall–Kier alpha value is -3.43. The average Bonchev–Trinajstić information content (AvgIpc) is 3.35. The Balaban J connectivity index is 1.46. The van der Waals surface area contributed by atoms with Crippen molar-refractivity contribution in [2.24, 2.45) is 0 Å². The minimum absolute atomic E-state index is 0.0985. The van der Waals surface area contributed by atoms with E-state index in [0.717, 1.165) is 23.4 Å². The summed E-state index contributed by atoms with van der Waals surface area (Å²) >= 11 is 0. The fraction of sp³-hybridized carbons (Fsp3) is 0.300. The molecule has 0 aliphatic carbocycles. The molecule has 1 N–H and O–H groups in total. The van der Waals surface area contributed by atoms with Crippen molar-refractivity contribution in [3.63, 3.8) is 0 Å². The molecule has 0 spiro atoms. The summed E-state index contributed by atoms with van der Waals surface area (Å²) in [7, 11) is 0. The van der Waals surface area contributed by atoms with E-state index in [9.17, 15) is 18.0 Å². The number of aryl methyl sites for hydroxylation is 1. The van der Waals surface area contributed by atoms with E-state index in [0.29, 0.717) is 26.2 Å². The van der Waals surface area contributed by atoms with Crippen molar-refractivity contribution in [2.75, 3.05) is 31.1 Å². The minimum atomic E-state index is -4.86. The zero-order chi connectivity index (χ0) is 21.3. The third-order valence-electron chi connectivity index (χ3n) is 4.90. The lowest BCUT2D eigenvalue weighted by molar-refractivity contribution is -0.274.